The first-order chi connectivity index (χ1) is 12.1. The minimum atomic E-state index is -0.384. The van der Waals surface area contributed by atoms with E-state index in [-0.39, 0.29) is 23.7 Å². The zero-order chi connectivity index (χ0) is 17.8. The lowest BCUT2D eigenvalue weighted by atomic mass is 10.1. The van der Waals surface area contributed by atoms with Crippen molar-refractivity contribution in [1.29, 1.82) is 0 Å². The predicted octanol–water partition coefficient (Wildman–Crippen LogP) is 1.87. The normalized spacial score (nSPS) is 10.5. The molecule has 3 rings (SSSR count). The van der Waals surface area contributed by atoms with E-state index in [4.69, 9.17) is 9.47 Å². The topological polar surface area (TPSA) is 93.3 Å². The van der Waals surface area contributed by atoms with Crippen LogP contribution in [0.25, 0.3) is 10.8 Å². The van der Waals surface area contributed by atoms with Gasteiger partial charge in [-0.1, -0.05) is 18.2 Å². The number of hydrogen-bond donors (Lipinski definition) is 2. The third-order valence-electron chi connectivity index (χ3n) is 3.84. The average molecular weight is 339 g/mol. The van der Waals surface area contributed by atoms with Gasteiger partial charge in [0.2, 0.25) is 0 Å². The number of methoxy groups -OCH3 is 2. The molecule has 0 radical (unpaired) electrons. The fraction of sp³-hybridized carbons (Fsp3) is 0.167. The van der Waals surface area contributed by atoms with Gasteiger partial charge in [-0.15, -0.1) is 0 Å². The number of nitrogens with zero attached hydrogens (tertiary/aromatic N) is 1. The lowest BCUT2D eigenvalue weighted by Gasteiger charge is -2.11. The maximum absolute atomic E-state index is 12.5. The van der Waals surface area contributed by atoms with Crippen LogP contribution in [0.15, 0.2) is 47.3 Å². The molecular weight excluding hydrogens is 322 g/mol. The molecule has 0 spiro atoms. The summed E-state index contributed by atoms with van der Waals surface area (Å²) < 4.78 is 10.5. The highest BCUT2D eigenvalue weighted by Crippen LogP contribution is 2.24. The van der Waals surface area contributed by atoms with Crippen LogP contribution in [0.3, 0.4) is 0 Å². The van der Waals surface area contributed by atoms with Crippen LogP contribution >= 0.6 is 0 Å². The molecular formula is C18H17N3O4. The lowest BCUT2D eigenvalue weighted by Crippen LogP contribution is -2.26. The third-order valence-corrected chi connectivity index (χ3v) is 3.84. The fourth-order valence-corrected chi connectivity index (χ4v) is 2.54. The molecule has 0 aliphatic carbocycles. The van der Waals surface area contributed by atoms with Crippen molar-refractivity contribution in [3.63, 3.8) is 0 Å². The Morgan fingerprint density at radius 3 is 2.60 bits per heavy atom. The van der Waals surface area contributed by atoms with Gasteiger partial charge in [-0.05, 0) is 18.2 Å². The highest BCUT2D eigenvalue weighted by molar-refractivity contribution is 6.04. The molecule has 0 aliphatic heterocycles. The summed E-state index contributed by atoms with van der Waals surface area (Å²) in [5.41, 5.74) is 0.636. The molecule has 0 aliphatic rings. The van der Waals surface area contributed by atoms with Gasteiger partial charge in [0.25, 0.3) is 11.5 Å². The van der Waals surface area contributed by atoms with Crippen LogP contribution in [-0.2, 0) is 6.54 Å². The number of aromatic nitrogens is 2. The van der Waals surface area contributed by atoms with E-state index in [9.17, 15) is 9.59 Å². The number of ether oxygens (including phenoxy) is 2. The number of fused-ring (bicyclic) bond motifs is 1. The maximum Gasteiger partial charge on any atom is 0.272 e. The first kappa shape index (κ1) is 16.5. The first-order valence-electron chi connectivity index (χ1n) is 7.60. The van der Waals surface area contributed by atoms with Crippen LogP contribution in [0.1, 0.15) is 16.1 Å². The molecule has 25 heavy (non-hydrogen) atoms. The maximum atomic E-state index is 12.5. The monoisotopic (exact) mass is 339 g/mol. The SMILES string of the molecule is COc1ccc(CNC(=O)c2n[nH]c(=O)c3ccccc23)c(OC)c1. The molecule has 0 atom stereocenters. The molecule has 2 N–H and O–H groups in total. The van der Waals surface area contributed by atoms with Gasteiger partial charge in [-0.2, -0.15) is 5.10 Å². The van der Waals surface area contributed by atoms with Crippen LogP contribution in [0.2, 0.25) is 0 Å². The Hall–Kier alpha value is -3.35. The Kier molecular flexibility index (Phi) is 4.65. The molecule has 0 saturated heterocycles. The summed E-state index contributed by atoms with van der Waals surface area (Å²) in [5, 5.41) is 9.96. The molecule has 128 valence electrons. The molecule has 1 aromatic heterocycles. The minimum absolute atomic E-state index is 0.169. The molecule has 3 aromatic rings. The summed E-state index contributed by atoms with van der Waals surface area (Å²) >= 11 is 0. The van der Waals surface area contributed by atoms with E-state index in [1.165, 1.54) is 0 Å². The summed E-state index contributed by atoms with van der Waals surface area (Å²) in [6, 6.07) is 12.2. The largest absolute Gasteiger partial charge is 0.497 e. The lowest BCUT2D eigenvalue weighted by molar-refractivity contribution is 0.0946. The van der Waals surface area contributed by atoms with Gasteiger partial charge in [0.05, 0.1) is 19.6 Å². The van der Waals surface area contributed by atoms with Gasteiger partial charge in [0.15, 0.2) is 5.69 Å². The second-order valence-electron chi connectivity index (χ2n) is 5.31. The second kappa shape index (κ2) is 7.04. The number of carbonyl (C=O) groups is 1. The minimum Gasteiger partial charge on any atom is -0.497 e. The van der Waals surface area contributed by atoms with E-state index in [1.54, 1.807) is 50.6 Å². The Labute approximate surface area is 143 Å². The standard InChI is InChI=1S/C18H17N3O4/c1-24-12-8-7-11(15(9-12)25-2)10-19-18(23)16-13-5-3-4-6-14(13)17(22)21-20-16/h3-9H,10H2,1-2H3,(H,19,23)(H,21,22). The van der Waals surface area contributed by atoms with Crippen LogP contribution in [0.5, 0.6) is 11.5 Å². The van der Waals surface area contributed by atoms with Crippen LogP contribution in [0.4, 0.5) is 0 Å². The van der Waals surface area contributed by atoms with Crippen molar-refractivity contribution in [2.24, 2.45) is 0 Å². The Bertz CT molecular complexity index is 981. The van der Waals surface area contributed by atoms with Crippen molar-refractivity contribution in [3.05, 3.63) is 64.1 Å². The van der Waals surface area contributed by atoms with Gasteiger partial charge in [0, 0.05) is 23.6 Å². The number of aromatic amines is 1. The summed E-state index contributed by atoms with van der Waals surface area (Å²) in [5.74, 6) is 0.893. The van der Waals surface area contributed by atoms with E-state index in [0.717, 1.165) is 5.56 Å². The number of rotatable bonds is 5. The van der Waals surface area contributed by atoms with Crippen molar-refractivity contribution in [2.45, 2.75) is 6.54 Å². The smallest absolute Gasteiger partial charge is 0.272 e. The molecule has 0 bridgehead atoms. The van der Waals surface area contributed by atoms with Crippen molar-refractivity contribution in [1.82, 2.24) is 15.5 Å². The molecule has 7 nitrogen and oxygen atoms in total. The van der Waals surface area contributed by atoms with Crippen LogP contribution < -0.4 is 20.3 Å². The van der Waals surface area contributed by atoms with Gasteiger partial charge >= 0.3 is 0 Å². The number of amides is 1. The molecule has 0 saturated carbocycles. The second-order valence-corrected chi connectivity index (χ2v) is 5.31. The van der Waals surface area contributed by atoms with Crippen molar-refractivity contribution >= 4 is 16.7 Å². The van der Waals surface area contributed by atoms with Crippen molar-refractivity contribution in [3.8, 4) is 11.5 Å². The van der Waals surface area contributed by atoms with Gasteiger partial charge in [0.1, 0.15) is 11.5 Å². The summed E-state index contributed by atoms with van der Waals surface area (Å²) in [6.45, 7) is 0.251. The predicted molar refractivity (Wildman–Crippen MR) is 93.1 cm³/mol. The zero-order valence-corrected chi connectivity index (χ0v) is 13.8. The molecule has 2 aromatic carbocycles. The highest BCUT2D eigenvalue weighted by atomic mass is 16.5. The molecule has 0 fully saturated rings. The first-order valence-corrected chi connectivity index (χ1v) is 7.60. The number of H-pyrrole nitrogens is 1. The van der Waals surface area contributed by atoms with E-state index in [1.807, 2.05) is 6.07 Å². The van der Waals surface area contributed by atoms with Crippen molar-refractivity contribution < 1.29 is 14.3 Å². The average Bonchev–Trinajstić information content (AvgIpc) is 2.66. The molecule has 0 unspecified atom stereocenters. The van der Waals surface area contributed by atoms with Crippen molar-refractivity contribution in [2.75, 3.05) is 14.2 Å². The Morgan fingerprint density at radius 1 is 1.12 bits per heavy atom. The van der Waals surface area contributed by atoms with E-state index in [0.29, 0.717) is 22.3 Å². The number of benzene rings is 2. The van der Waals surface area contributed by atoms with Gasteiger partial charge in [-0.25, -0.2) is 5.10 Å². The number of nitrogens with one attached hydrogen (secondary N) is 2. The van der Waals surface area contributed by atoms with Crippen LogP contribution in [0, 0.1) is 0 Å². The van der Waals surface area contributed by atoms with E-state index >= 15 is 0 Å². The zero-order valence-electron chi connectivity index (χ0n) is 13.8. The Balaban J connectivity index is 1.85. The molecule has 1 heterocycles. The number of carbonyl (C=O) groups excluding carboxylic acids is 1. The van der Waals surface area contributed by atoms with Gasteiger partial charge in [-0.3, -0.25) is 9.59 Å². The fourth-order valence-electron chi connectivity index (χ4n) is 2.54. The quantitative estimate of drug-likeness (QED) is 0.740. The van der Waals surface area contributed by atoms with Crippen LogP contribution in [-0.4, -0.2) is 30.3 Å². The molecule has 1 amide bonds. The summed E-state index contributed by atoms with van der Waals surface area (Å²) in [7, 11) is 3.13. The summed E-state index contributed by atoms with van der Waals surface area (Å²) in [6.07, 6.45) is 0. The highest BCUT2D eigenvalue weighted by Gasteiger charge is 2.14. The van der Waals surface area contributed by atoms with E-state index < -0.39 is 0 Å². The van der Waals surface area contributed by atoms with E-state index in [2.05, 4.69) is 15.5 Å². The third kappa shape index (κ3) is 3.30. The Morgan fingerprint density at radius 2 is 1.88 bits per heavy atom. The van der Waals surface area contributed by atoms with Gasteiger partial charge < -0.3 is 14.8 Å². The molecule has 7 heteroatoms. The number of hydrogen-bond acceptors (Lipinski definition) is 5. The summed E-state index contributed by atoms with van der Waals surface area (Å²) in [4.78, 5) is 24.3.